The number of non-ortho nitro benzene ring substituents is 1. The number of nitrogens with zero attached hydrogens (tertiary/aromatic N) is 3. The molecule has 3 aromatic rings. The summed E-state index contributed by atoms with van der Waals surface area (Å²) in [6.45, 7) is -0.0459. The number of nitro groups is 1. The van der Waals surface area contributed by atoms with E-state index in [1.165, 1.54) is 47.4 Å². The number of sulfone groups is 1. The number of hydrogen-bond acceptors (Lipinski definition) is 6. The van der Waals surface area contributed by atoms with Gasteiger partial charge in [0, 0.05) is 23.4 Å². The van der Waals surface area contributed by atoms with Gasteiger partial charge >= 0.3 is 0 Å². The largest absolute Gasteiger partial charge is 0.304 e. The number of rotatable bonds is 4. The number of carbonyl (C=O) groups excluding carboxylic acids is 2. The number of hydrogen-bond donors (Lipinski definition) is 0. The summed E-state index contributed by atoms with van der Waals surface area (Å²) < 4.78 is 40.4. The Balaban J connectivity index is 1.70. The average molecular weight is 481 g/mol. The smallest absolute Gasteiger partial charge is 0.274 e. The maximum atomic E-state index is 13.9. The average Bonchev–Trinajstić information content (AvgIpc) is 3.18. The third-order valence-corrected chi connectivity index (χ3v) is 8.10. The lowest BCUT2D eigenvalue weighted by Gasteiger charge is -2.32. The second kappa shape index (κ2) is 7.45. The molecule has 172 valence electrons. The second-order valence-electron chi connectivity index (χ2n) is 7.94. The predicted molar refractivity (Wildman–Crippen MR) is 120 cm³/mol. The third-order valence-electron chi connectivity index (χ3n) is 6.00. The SMILES string of the molecule is O=C1CS(=O)(=O)C2(C(=O)N(Cc3ccc(F)cc3)c3ccccc32)N1c1ccc([N+](=O)[O-])cc1. The van der Waals surface area contributed by atoms with Crippen LogP contribution < -0.4 is 9.80 Å². The zero-order valence-electron chi connectivity index (χ0n) is 17.4. The fourth-order valence-corrected chi connectivity index (χ4v) is 6.58. The van der Waals surface area contributed by atoms with Crippen molar-refractivity contribution < 1.29 is 27.3 Å². The molecule has 2 aliphatic rings. The van der Waals surface area contributed by atoms with E-state index in [0.717, 1.165) is 17.0 Å². The first-order chi connectivity index (χ1) is 16.2. The van der Waals surface area contributed by atoms with Gasteiger partial charge in [0.15, 0.2) is 9.84 Å². The zero-order chi connectivity index (χ0) is 24.3. The van der Waals surface area contributed by atoms with Crippen LogP contribution in [0.5, 0.6) is 0 Å². The van der Waals surface area contributed by atoms with Crippen LogP contribution in [0, 0.1) is 15.9 Å². The molecule has 0 aromatic heterocycles. The Labute approximate surface area is 193 Å². The molecule has 1 saturated heterocycles. The van der Waals surface area contributed by atoms with Crippen LogP contribution in [0.2, 0.25) is 0 Å². The summed E-state index contributed by atoms with van der Waals surface area (Å²) in [5, 5.41) is 11.0. The minimum Gasteiger partial charge on any atom is -0.304 e. The van der Waals surface area contributed by atoms with Gasteiger partial charge in [0.2, 0.25) is 5.91 Å². The van der Waals surface area contributed by atoms with Crippen molar-refractivity contribution in [2.24, 2.45) is 0 Å². The van der Waals surface area contributed by atoms with Gasteiger partial charge in [-0.05, 0) is 35.9 Å². The summed E-state index contributed by atoms with van der Waals surface area (Å²) in [5.74, 6) is -3.02. The Bertz CT molecular complexity index is 1460. The molecule has 1 atom stereocenters. The van der Waals surface area contributed by atoms with Crippen LogP contribution in [0.25, 0.3) is 0 Å². The highest BCUT2D eigenvalue weighted by Crippen LogP contribution is 2.52. The Kier molecular flexibility index (Phi) is 4.76. The van der Waals surface area contributed by atoms with E-state index in [9.17, 15) is 32.5 Å². The van der Waals surface area contributed by atoms with E-state index in [2.05, 4.69) is 0 Å². The molecule has 34 heavy (non-hydrogen) atoms. The molecule has 1 unspecified atom stereocenters. The van der Waals surface area contributed by atoms with Gasteiger partial charge in [-0.1, -0.05) is 30.3 Å². The van der Waals surface area contributed by atoms with E-state index in [4.69, 9.17) is 0 Å². The maximum absolute atomic E-state index is 13.9. The number of para-hydroxylation sites is 1. The van der Waals surface area contributed by atoms with Crippen molar-refractivity contribution >= 4 is 38.7 Å². The van der Waals surface area contributed by atoms with Gasteiger partial charge in [0.05, 0.1) is 17.2 Å². The van der Waals surface area contributed by atoms with Gasteiger partial charge in [-0.2, -0.15) is 0 Å². The molecular weight excluding hydrogens is 465 g/mol. The van der Waals surface area contributed by atoms with Crippen LogP contribution in [-0.2, 0) is 30.8 Å². The van der Waals surface area contributed by atoms with Crippen LogP contribution in [0.4, 0.5) is 21.5 Å². The van der Waals surface area contributed by atoms with Gasteiger partial charge in [-0.15, -0.1) is 0 Å². The summed E-state index contributed by atoms with van der Waals surface area (Å²) in [5.41, 5.74) is 0.783. The molecule has 11 heteroatoms. The monoisotopic (exact) mass is 481 g/mol. The van der Waals surface area contributed by atoms with Crippen LogP contribution in [0.3, 0.4) is 0 Å². The topological polar surface area (TPSA) is 118 Å². The van der Waals surface area contributed by atoms with Gasteiger partial charge in [-0.25, -0.2) is 12.8 Å². The molecule has 0 radical (unpaired) electrons. The Morgan fingerprint density at radius 3 is 2.26 bits per heavy atom. The third kappa shape index (κ3) is 2.93. The van der Waals surface area contributed by atoms with E-state index < -0.39 is 43.0 Å². The fraction of sp³-hybridized carbons (Fsp3) is 0.130. The van der Waals surface area contributed by atoms with Crippen molar-refractivity contribution in [3.63, 3.8) is 0 Å². The second-order valence-corrected chi connectivity index (χ2v) is 10.0. The first-order valence-electron chi connectivity index (χ1n) is 10.1. The van der Waals surface area contributed by atoms with E-state index in [0.29, 0.717) is 11.3 Å². The lowest BCUT2D eigenvalue weighted by Crippen LogP contribution is -2.54. The molecule has 5 rings (SSSR count). The van der Waals surface area contributed by atoms with Gasteiger partial charge in [0.25, 0.3) is 16.5 Å². The molecular formula is C23H16FN3O6S. The molecule has 9 nitrogen and oxygen atoms in total. The predicted octanol–water partition coefficient (Wildman–Crippen LogP) is 2.90. The normalized spacial score (nSPS) is 20.7. The summed E-state index contributed by atoms with van der Waals surface area (Å²) in [7, 11) is -4.36. The Morgan fingerprint density at radius 1 is 0.971 bits per heavy atom. The highest BCUT2D eigenvalue weighted by Gasteiger charge is 2.69. The molecule has 0 N–H and O–H groups in total. The first-order valence-corrected chi connectivity index (χ1v) is 11.8. The van der Waals surface area contributed by atoms with Gasteiger partial charge in [0.1, 0.15) is 11.6 Å². The summed E-state index contributed by atoms with van der Waals surface area (Å²) >= 11 is 0. The quantitative estimate of drug-likeness (QED) is 0.418. The minimum atomic E-state index is -4.36. The number of benzene rings is 3. The van der Waals surface area contributed by atoms with Crippen LogP contribution in [0.1, 0.15) is 11.1 Å². The molecule has 2 amide bonds. The van der Waals surface area contributed by atoms with Crippen LogP contribution in [-0.4, -0.2) is 30.9 Å². The van der Waals surface area contributed by atoms with E-state index in [-0.39, 0.29) is 23.5 Å². The summed E-state index contributed by atoms with van der Waals surface area (Å²) in [6.07, 6.45) is 0. The van der Waals surface area contributed by atoms with Crippen molar-refractivity contribution in [2.45, 2.75) is 11.4 Å². The molecule has 1 fully saturated rings. The maximum Gasteiger partial charge on any atom is 0.274 e. The Hall–Kier alpha value is -4.12. The summed E-state index contributed by atoms with van der Waals surface area (Å²) in [6, 6.07) is 16.5. The molecule has 3 aromatic carbocycles. The minimum absolute atomic E-state index is 0.0449. The highest BCUT2D eigenvalue weighted by atomic mass is 32.2. The first kappa shape index (κ1) is 21.7. The number of nitro benzene ring substituents is 1. The Morgan fingerprint density at radius 2 is 1.62 bits per heavy atom. The van der Waals surface area contributed by atoms with Crippen LogP contribution in [0.15, 0.2) is 72.8 Å². The number of fused-ring (bicyclic) bond motifs is 2. The number of anilines is 2. The molecule has 0 aliphatic carbocycles. The van der Waals surface area contributed by atoms with E-state index in [1.54, 1.807) is 18.2 Å². The van der Waals surface area contributed by atoms with Crippen molar-refractivity contribution in [1.82, 2.24) is 0 Å². The van der Waals surface area contributed by atoms with E-state index in [1.807, 2.05) is 0 Å². The molecule has 0 saturated carbocycles. The van der Waals surface area contributed by atoms with Crippen LogP contribution >= 0.6 is 0 Å². The van der Waals surface area contributed by atoms with Gasteiger partial charge in [-0.3, -0.25) is 24.6 Å². The molecule has 2 aliphatic heterocycles. The van der Waals surface area contributed by atoms with Crippen molar-refractivity contribution in [2.75, 3.05) is 15.6 Å². The highest BCUT2D eigenvalue weighted by molar-refractivity contribution is 7.94. The molecule has 0 bridgehead atoms. The zero-order valence-corrected chi connectivity index (χ0v) is 18.2. The van der Waals surface area contributed by atoms with Crippen molar-refractivity contribution in [3.05, 3.63) is 99.9 Å². The summed E-state index contributed by atoms with van der Waals surface area (Å²) in [4.78, 5) is 37.2. The van der Waals surface area contributed by atoms with E-state index >= 15 is 0 Å². The van der Waals surface area contributed by atoms with Crippen molar-refractivity contribution in [1.29, 1.82) is 0 Å². The van der Waals surface area contributed by atoms with Crippen molar-refractivity contribution in [3.8, 4) is 0 Å². The van der Waals surface area contributed by atoms with Gasteiger partial charge < -0.3 is 4.90 Å². The standard InChI is InChI=1S/C23H16FN3O6S/c24-16-7-5-15(6-8-16)13-25-20-4-2-1-3-19(20)23(22(25)29)26(21(28)14-34(23,32)33)17-9-11-18(12-10-17)27(30)31/h1-12H,13-14H2. The fourth-order valence-electron chi connectivity index (χ4n) is 4.54. The number of halogens is 1. The molecule has 2 heterocycles. The lowest BCUT2D eigenvalue weighted by atomic mass is 10.0. The molecule has 1 spiro atoms. The lowest BCUT2D eigenvalue weighted by molar-refractivity contribution is -0.384. The number of carbonyl (C=O) groups is 2. The number of amides is 2.